The van der Waals surface area contributed by atoms with Gasteiger partial charge in [0.2, 0.25) is 5.91 Å². The number of hydrogen-bond donors (Lipinski definition) is 2. The maximum atomic E-state index is 12.0. The van der Waals surface area contributed by atoms with E-state index in [1.54, 1.807) is 0 Å². The van der Waals surface area contributed by atoms with Crippen molar-refractivity contribution in [1.29, 1.82) is 0 Å². The summed E-state index contributed by atoms with van der Waals surface area (Å²) in [5, 5.41) is 12.4. The van der Waals surface area contributed by atoms with Gasteiger partial charge in [-0.3, -0.25) is 9.69 Å². The largest absolute Gasteiger partial charge is 0.394 e. The van der Waals surface area contributed by atoms with Crippen LogP contribution in [-0.4, -0.2) is 47.7 Å². The summed E-state index contributed by atoms with van der Waals surface area (Å²) in [6.07, 6.45) is 3.07. The first-order valence-corrected chi connectivity index (χ1v) is 7.41. The van der Waals surface area contributed by atoms with Gasteiger partial charge in [-0.25, -0.2) is 0 Å². The fourth-order valence-electron chi connectivity index (χ4n) is 2.46. The van der Waals surface area contributed by atoms with E-state index in [1.165, 1.54) is 12.8 Å². The molecule has 1 aromatic carbocycles. The molecule has 1 fully saturated rings. The number of hydrogen-bond acceptors (Lipinski definition) is 3. The van der Waals surface area contributed by atoms with Crippen molar-refractivity contribution in [3.05, 3.63) is 35.9 Å². The summed E-state index contributed by atoms with van der Waals surface area (Å²) in [5.74, 6) is 0.00808. The molecule has 1 aliphatic rings. The normalized spacial score (nSPS) is 16.1. The predicted octanol–water partition coefficient (Wildman–Crippen LogP) is 1.19. The molecule has 1 amide bonds. The van der Waals surface area contributed by atoms with Gasteiger partial charge in [0.15, 0.2) is 0 Å². The molecule has 0 saturated heterocycles. The lowest BCUT2D eigenvalue weighted by molar-refractivity contribution is -0.123. The van der Waals surface area contributed by atoms with Crippen LogP contribution in [0.15, 0.2) is 30.3 Å². The summed E-state index contributed by atoms with van der Waals surface area (Å²) >= 11 is 0. The van der Waals surface area contributed by atoms with Crippen molar-refractivity contribution < 1.29 is 9.90 Å². The van der Waals surface area contributed by atoms with E-state index in [0.717, 1.165) is 12.1 Å². The minimum atomic E-state index is -0.206. The molecule has 1 aliphatic carbocycles. The molecular weight excluding hydrogens is 252 g/mol. The van der Waals surface area contributed by atoms with Crippen LogP contribution < -0.4 is 5.32 Å². The maximum absolute atomic E-state index is 12.0. The Morgan fingerprint density at radius 2 is 2.10 bits per heavy atom. The zero-order valence-corrected chi connectivity index (χ0v) is 12.1. The van der Waals surface area contributed by atoms with Gasteiger partial charge in [0.05, 0.1) is 19.2 Å². The van der Waals surface area contributed by atoms with Crippen molar-refractivity contribution >= 4 is 5.91 Å². The number of rotatable bonds is 8. The molecule has 1 aromatic rings. The highest BCUT2D eigenvalue weighted by atomic mass is 16.3. The van der Waals surface area contributed by atoms with Crippen molar-refractivity contribution in [3.63, 3.8) is 0 Å². The van der Waals surface area contributed by atoms with E-state index >= 15 is 0 Å². The van der Waals surface area contributed by atoms with Gasteiger partial charge >= 0.3 is 0 Å². The molecule has 1 atom stereocenters. The van der Waals surface area contributed by atoms with Gasteiger partial charge in [-0.05, 0) is 31.4 Å². The molecule has 2 rings (SSSR count). The van der Waals surface area contributed by atoms with Gasteiger partial charge in [-0.1, -0.05) is 37.3 Å². The van der Waals surface area contributed by atoms with Crippen LogP contribution in [0.3, 0.4) is 0 Å². The van der Waals surface area contributed by atoms with Gasteiger partial charge < -0.3 is 10.4 Å². The Morgan fingerprint density at radius 1 is 1.40 bits per heavy atom. The molecule has 1 saturated carbocycles. The zero-order chi connectivity index (χ0) is 14.4. The first-order valence-electron chi connectivity index (χ1n) is 7.41. The van der Waals surface area contributed by atoms with Crippen molar-refractivity contribution in [2.24, 2.45) is 0 Å². The Bertz CT molecular complexity index is 418. The standard InChI is InChI=1S/C16H24N2O2/c1-2-18(15-8-9-15)11-16(20)17-14(12-19)10-13-6-4-3-5-7-13/h3-7,14-15,19H,2,8-12H2,1H3,(H,17,20). The summed E-state index contributed by atoms with van der Waals surface area (Å²) in [5.41, 5.74) is 1.13. The molecule has 0 heterocycles. The zero-order valence-electron chi connectivity index (χ0n) is 12.1. The summed E-state index contributed by atoms with van der Waals surface area (Å²) in [6, 6.07) is 10.3. The smallest absolute Gasteiger partial charge is 0.234 e. The van der Waals surface area contributed by atoms with Gasteiger partial charge in [-0.15, -0.1) is 0 Å². The fourth-order valence-corrected chi connectivity index (χ4v) is 2.46. The highest BCUT2D eigenvalue weighted by Crippen LogP contribution is 2.25. The van der Waals surface area contributed by atoms with Crippen LogP contribution in [-0.2, 0) is 11.2 Å². The van der Waals surface area contributed by atoms with Gasteiger partial charge in [0, 0.05) is 6.04 Å². The van der Waals surface area contributed by atoms with Crippen LogP contribution >= 0.6 is 0 Å². The highest BCUT2D eigenvalue weighted by molar-refractivity contribution is 5.78. The molecule has 0 radical (unpaired) electrons. The number of carbonyl (C=O) groups is 1. The lowest BCUT2D eigenvalue weighted by Gasteiger charge is -2.22. The van der Waals surface area contributed by atoms with Crippen LogP contribution in [0.1, 0.15) is 25.3 Å². The number of aliphatic hydroxyl groups is 1. The monoisotopic (exact) mass is 276 g/mol. The molecule has 0 bridgehead atoms. The van der Waals surface area contributed by atoms with Crippen molar-refractivity contribution in [3.8, 4) is 0 Å². The second-order valence-electron chi connectivity index (χ2n) is 5.43. The van der Waals surface area contributed by atoms with Crippen LogP contribution in [0.25, 0.3) is 0 Å². The molecular formula is C16H24N2O2. The molecule has 110 valence electrons. The molecule has 4 nitrogen and oxygen atoms in total. The average Bonchev–Trinajstić information content (AvgIpc) is 3.29. The number of carbonyl (C=O) groups excluding carboxylic acids is 1. The summed E-state index contributed by atoms with van der Waals surface area (Å²) in [6.45, 7) is 3.39. The Balaban J connectivity index is 1.81. The van der Waals surface area contributed by atoms with E-state index in [-0.39, 0.29) is 18.6 Å². The van der Waals surface area contributed by atoms with Crippen molar-refractivity contribution in [1.82, 2.24) is 10.2 Å². The number of benzene rings is 1. The first kappa shape index (κ1) is 15.0. The Hall–Kier alpha value is -1.39. The second kappa shape index (κ2) is 7.41. The summed E-state index contributed by atoms with van der Waals surface area (Å²) in [7, 11) is 0. The minimum Gasteiger partial charge on any atom is -0.394 e. The Kier molecular flexibility index (Phi) is 5.56. The van der Waals surface area contributed by atoms with Crippen LogP contribution in [0, 0.1) is 0 Å². The lowest BCUT2D eigenvalue weighted by Crippen LogP contribution is -2.45. The Labute approximate surface area is 120 Å². The SMILES string of the molecule is CCN(CC(=O)NC(CO)Cc1ccccc1)C1CC1. The quantitative estimate of drug-likeness (QED) is 0.750. The van der Waals surface area contributed by atoms with E-state index in [1.807, 2.05) is 30.3 Å². The Morgan fingerprint density at radius 3 is 2.65 bits per heavy atom. The molecule has 20 heavy (non-hydrogen) atoms. The third kappa shape index (κ3) is 4.62. The number of nitrogens with one attached hydrogen (secondary N) is 1. The van der Waals surface area contributed by atoms with Crippen molar-refractivity contribution in [2.45, 2.75) is 38.3 Å². The summed E-state index contributed by atoms with van der Waals surface area (Å²) < 4.78 is 0. The third-order valence-corrected chi connectivity index (χ3v) is 3.73. The fraction of sp³-hybridized carbons (Fsp3) is 0.562. The van der Waals surface area contributed by atoms with Crippen LogP contribution in [0.2, 0.25) is 0 Å². The minimum absolute atomic E-state index is 0.00808. The van der Waals surface area contributed by atoms with Gasteiger partial charge in [-0.2, -0.15) is 0 Å². The molecule has 0 spiro atoms. The maximum Gasteiger partial charge on any atom is 0.234 e. The molecule has 4 heteroatoms. The van der Waals surface area contributed by atoms with E-state index in [0.29, 0.717) is 19.0 Å². The summed E-state index contributed by atoms with van der Waals surface area (Å²) in [4.78, 5) is 14.2. The predicted molar refractivity (Wildman–Crippen MR) is 79.4 cm³/mol. The highest BCUT2D eigenvalue weighted by Gasteiger charge is 2.29. The van der Waals surface area contributed by atoms with Crippen LogP contribution in [0.4, 0.5) is 0 Å². The lowest BCUT2D eigenvalue weighted by atomic mass is 10.1. The third-order valence-electron chi connectivity index (χ3n) is 3.73. The van der Waals surface area contributed by atoms with E-state index in [9.17, 15) is 9.90 Å². The average molecular weight is 276 g/mol. The van der Waals surface area contributed by atoms with E-state index < -0.39 is 0 Å². The van der Waals surface area contributed by atoms with Gasteiger partial charge in [0.25, 0.3) is 0 Å². The number of nitrogens with zero attached hydrogens (tertiary/aromatic N) is 1. The molecule has 0 aromatic heterocycles. The number of likely N-dealkylation sites (N-methyl/N-ethyl adjacent to an activating group) is 1. The molecule has 1 unspecified atom stereocenters. The van der Waals surface area contributed by atoms with Crippen molar-refractivity contribution in [2.75, 3.05) is 19.7 Å². The molecule has 2 N–H and O–H groups in total. The second-order valence-corrected chi connectivity index (χ2v) is 5.43. The number of amides is 1. The topological polar surface area (TPSA) is 52.6 Å². The number of aliphatic hydroxyl groups excluding tert-OH is 1. The van der Waals surface area contributed by atoms with E-state index in [2.05, 4.69) is 17.1 Å². The molecule has 0 aliphatic heterocycles. The van der Waals surface area contributed by atoms with Crippen LogP contribution in [0.5, 0.6) is 0 Å². The first-order chi connectivity index (χ1) is 9.72. The van der Waals surface area contributed by atoms with Gasteiger partial charge in [0.1, 0.15) is 0 Å². The van der Waals surface area contributed by atoms with E-state index in [4.69, 9.17) is 0 Å².